The molecule has 110 valence electrons. The van der Waals surface area contributed by atoms with Gasteiger partial charge < -0.3 is 10.1 Å². The van der Waals surface area contributed by atoms with Crippen LogP contribution in [0.15, 0.2) is 46.9 Å². The molecule has 1 N–H and O–H groups in total. The van der Waals surface area contributed by atoms with Crippen molar-refractivity contribution in [2.75, 3.05) is 19.0 Å². The Labute approximate surface area is 131 Å². The fourth-order valence-corrected chi connectivity index (χ4v) is 2.30. The quantitative estimate of drug-likeness (QED) is 0.631. The van der Waals surface area contributed by atoms with Gasteiger partial charge in [0, 0.05) is 17.1 Å². The lowest BCUT2D eigenvalue weighted by molar-refractivity contribution is -0.384. The smallest absolute Gasteiger partial charge is 0.292 e. The summed E-state index contributed by atoms with van der Waals surface area (Å²) in [7, 11) is 1.63. The van der Waals surface area contributed by atoms with Crippen LogP contribution in [-0.2, 0) is 6.42 Å². The van der Waals surface area contributed by atoms with Gasteiger partial charge in [-0.2, -0.15) is 0 Å². The highest BCUT2D eigenvalue weighted by Crippen LogP contribution is 2.27. The van der Waals surface area contributed by atoms with Crippen molar-refractivity contribution in [3.8, 4) is 5.75 Å². The van der Waals surface area contributed by atoms with Crippen LogP contribution in [0.4, 0.5) is 11.4 Å². The Morgan fingerprint density at radius 3 is 2.57 bits per heavy atom. The van der Waals surface area contributed by atoms with Crippen LogP contribution in [0, 0.1) is 10.1 Å². The highest BCUT2D eigenvalue weighted by atomic mass is 79.9. The van der Waals surface area contributed by atoms with Gasteiger partial charge in [-0.25, -0.2) is 0 Å². The van der Waals surface area contributed by atoms with Gasteiger partial charge in [0.1, 0.15) is 11.4 Å². The lowest BCUT2D eigenvalue weighted by Gasteiger charge is -2.08. The molecule has 2 aromatic rings. The van der Waals surface area contributed by atoms with Crippen LogP contribution in [0.1, 0.15) is 5.56 Å². The molecule has 0 amide bonds. The molecular weight excluding hydrogens is 336 g/mol. The maximum absolute atomic E-state index is 11.0. The molecule has 0 unspecified atom stereocenters. The molecule has 0 spiro atoms. The van der Waals surface area contributed by atoms with Crippen molar-refractivity contribution in [3.05, 3.63) is 62.6 Å². The second kappa shape index (κ2) is 7.08. The monoisotopic (exact) mass is 350 g/mol. The van der Waals surface area contributed by atoms with Crippen molar-refractivity contribution < 1.29 is 9.66 Å². The molecule has 5 nitrogen and oxygen atoms in total. The van der Waals surface area contributed by atoms with Crippen LogP contribution >= 0.6 is 15.9 Å². The first-order valence-corrected chi connectivity index (χ1v) is 7.20. The summed E-state index contributed by atoms with van der Waals surface area (Å²) in [6, 6.07) is 12.6. The summed E-state index contributed by atoms with van der Waals surface area (Å²) in [4.78, 5) is 10.6. The number of hydrogen-bond acceptors (Lipinski definition) is 4. The Hall–Kier alpha value is -2.08. The van der Waals surface area contributed by atoms with Crippen molar-refractivity contribution in [3.63, 3.8) is 0 Å². The van der Waals surface area contributed by atoms with Gasteiger partial charge in [-0.15, -0.1) is 0 Å². The summed E-state index contributed by atoms with van der Waals surface area (Å²) in [6.07, 6.45) is 0.771. The van der Waals surface area contributed by atoms with Crippen LogP contribution in [0.3, 0.4) is 0 Å². The molecule has 0 aromatic heterocycles. The highest BCUT2D eigenvalue weighted by Gasteiger charge is 2.13. The minimum absolute atomic E-state index is 0.0768. The van der Waals surface area contributed by atoms with Crippen molar-refractivity contribution in [1.82, 2.24) is 0 Å². The molecule has 6 heteroatoms. The van der Waals surface area contributed by atoms with Gasteiger partial charge in [-0.1, -0.05) is 28.1 Å². The van der Waals surface area contributed by atoms with Crippen LogP contribution < -0.4 is 10.1 Å². The summed E-state index contributed by atoms with van der Waals surface area (Å²) >= 11 is 3.32. The first-order valence-electron chi connectivity index (χ1n) is 6.41. The van der Waals surface area contributed by atoms with Crippen LogP contribution in [-0.4, -0.2) is 18.6 Å². The molecule has 0 saturated carbocycles. The van der Waals surface area contributed by atoms with Gasteiger partial charge in [-0.3, -0.25) is 10.1 Å². The summed E-state index contributed by atoms with van der Waals surface area (Å²) in [5.74, 6) is 0.814. The lowest BCUT2D eigenvalue weighted by Crippen LogP contribution is -2.07. The molecule has 0 heterocycles. The second-order valence-electron chi connectivity index (χ2n) is 4.44. The van der Waals surface area contributed by atoms with E-state index >= 15 is 0 Å². The number of nitrogens with one attached hydrogen (secondary N) is 1. The van der Waals surface area contributed by atoms with Crippen LogP contribution in [0.25, 0.3) is 0 Å². The van der Waals surface area contributed by atoms with E-state index in [4.69, 9.17) is 4.74 Å². The van der Waals surface area contributed by atoms with E-state index in [0.29, 0.717) is 12.2 Å². The van der Waals surface area contributed by atoms with E-state index in [1.165, 1.54) is 6.07 Å². The lowest BCUT2D eigenvalue weighted by atomic mass is 10.1. The third-order valence-corrected chi connectivity index (χ3v) is 3.54. The Morgan fingerprint density at radius 1 is 1.24 bits per heavy atom. The standard InChI is InChI=1S/C15H15BrN2O3/c1-21-13-5-2-11(3-6-13)8-9-17-14-10-12(16)4-7-15(14)18(19)20/h2-7,10,17H,8-9H2,1H3. The summed E-state index contributed by atoms with van der Waals surface area (Å²) < 4.78 is 5.91. The fourth-order valence-electron chi connectivity index (χ4n) is 1.94. The number of halogens is 1. The maximum Gasteiger partial charge on any atom is 0.292 e. The van der Waals surface area contributed by atoms with Gasteiger partial charge in [-0.05, 0) is 36.2 Å². The third kappa shape index (κ3) is 4.19. The van der Waals surface area contributed by atoms with E-state index in [9.17, 15) is 10.1 Å². The molecular formula is C15H15BrN2O3. The number of rotatable bonds is 6. The molecule has 0 aliphatic heterocycles. The zero-order valence-corrected chi connectivity index (χ0v) is 13.1. The first kappa shape index (κ1) is 15.3. The molecule has 0 radical (unpaired) electrons. The number of nitro benzene ring substituents is 1. The largest absolute Gasteiger partial charge is 0.497 e. The second-order valence-corrected chi connectivity index (χ2v) is 5.36. The Bertz CT molecular complexity index is 629. The van der Waals surface area contributed by atoms with Crippen molar-refractivity contribution in [1.29, 1.82) is 0 Å². The van der Waals surface area contributed by atoms with E-state index in [0.717, 1.165) is 22.2 Å². The summed E-state index contributed by atoms with van der Waals surface area (Å²) in [5.41, 5.74) is 1.73. The van der Waals surface area contributed by atoms with Gasteiger partial charge in [0.05, 0.1) is 12.0 Å². The van der Waals surface area contributed by atoms with Gasteiger partial charge in [0.25, 0.3) is 5.69 Å². The molecule has 0 aliphatic carbocycles. The molecule has 0 fully saturated rings. The normalized spacial score (nSPS) is 10.2. The van der Waals surface area contributed by atoms with Gasteiger partial charge in [0.15, 0.2) is 0 Å². The number of methoxy groups -OCH3 is 1. The number of hydrogen-bond donors (Lipinski definition) is 1. The molecule has 2 aromatic carbocycles. The number of anilines is 1. The van der Waals surface area contributed by atoms with Crippen molar-refractivity contribution in [2.24, 2.45) is 0 Å². The van der Waals surface area contributed by atoms with E-state index < -0.39 is 0 Å². The van der Waals surface area contributed by atoms with E-state index in [1.807, 2.05) is 24.3 Å². The fraction of sp³-hybridized carbons (Fsp3) is 0.200. The summed E-state index contributed by atoms with van der Waals surface area (Å²) in [5, 5.41) is 14.1. The van der Waals surface area contributed by atoms with Gasteiger partial charge >= 0.3 is 0 Å². The molecule has 0 atom stereocenters. The van der Waals surface area contributed by atoms with Crippen molar-refractivity contribution in [2.45, 2.75) is 6.42 Å². The number of benzene rings is 2. The molecule has 0 bridgehead atoms. The zero-order chi connectivity index (χ0) is 15.2. The SMILES string of the molecule is COc1ccc(CCNc2cc(Br)ccc2[N+](=O)[O-])cc1. The zero-order valence-electron chi connectivity index (χ0n) is 11.5. The number of nitro groups is 1. The Kier molecular flexibility index (Phi) is 5.16. The number of nitrogens with zero attached hydrogens (tertiary/aromatic N) is 1. The molecule has 0 aliphatic rings. The van der Waals surface area contributed by atoms with E-state index in [-0.39, 0.29) is 10.6 Å². The molecule has 0 saturated heterocycles. The predicted molar refractivity (Wildman–Crippen MR) is 86.0 cm³/mol. The summed E-state index contributed by atoms with van der Waals surface area (Å²) in [6.45, 7) is 0.615. The van der Waals surface area contributed by atoms with E-state index in [1.54, 1.807) is 19.2 Å². The molecule has 2 rings (SSSR count). The third-order valence-electron chi connectivity index (χ3n) is 3.04. The average molecular weight is 351 g/mol. The predicted octanol–water partition coefficient (Wildman–Crippen LogP) is 4.02. The minimum atomic E-state index is -0.387. The van der Waals surface area contributed by atoms with E-state index in [2.05, 4.69) is 21.2 Å². The minimum Gasteiger partial charge on any atom is -0.497 e. The first-order chi connectivity index (χ1) is 10.1. The number of ether oxygens (including phenoxy) is 1. The van der Waals surface area contributed by atoms with Crippen LogP contribution in [0.5, 0.6) is 5.75 Å². The maximum atomic E-state index is 11.0. The highest BCUT2D eigenvalue weighted by molar-refractivity contribution is 9.10. The molecule has 21 heavy (non-hydrogen) atoms. The van der Waals surface area contributed by atoms with Gasteiger partial charge in [0.2, 0.25) is 0 Å². The Balaban J connectivity index is 1.99. The average Bonchev–Trinajstić information content (AvgIpc) is 2.48. The topological polar surface area (TPSA) is 64.4 Å². The Morgan fingerprint density at radius 2 is 1.95 bits per heavy atom. The van der Waals surface area contributed by atoms with Crippen LogP contribution in [0.2, 0.25) is 0 Å². The van der Waals surface area contributed by atoms with Crippen molar-refractivity contribution >= 4 is 27.3 Å².